The summed E-state index contributed by atoms with van der Waals surface area (Å²) in [6.07, 6.45) is 1.51. The van der Waals surface area contributed by atoms with Crippen LogP contribution in [0.25, 0.3) is 0 Å². The largest absolute Gasteiger partial charge is 0.294 e. The molecule has 0 amide bonds. The van der Waals surface area contributed by atoms with Crippen molar-refractivity contribution < 1.29 is 4.79 Å². The van der Waals surface area contributed by atoms with Gasteiger partial charge in [-0.15, -0.1) is 0 Å². The van der Waals surface area contributed by atoms with Gasteiger partial charge >= 0.3 is 0 Å². The molecule has 0 heterocycles. The lowest BCUT2D eigenvalue weighted by Crippen LogP contribution is -2.12. The smallest absolute Gasteiger partial charge is 0.166 e. The second-order valence-electron chi connectivity index (χ2n) is 7.24. The van der Waals surface area contributed by atoms with Crippen LogP contribution in [-0.4, -0.2) is 5.78 Å². The molecule has 2 rings (SSSR count). The normalized spacial score (nSPS) is 15.9. The zero-order valence-electron chi connectivity index (χ0n) is 14.1. The van der Waals surface area contributed by atoms with Crippen LogP contribution in [0.15, 0.2) is 46.6 Å². The maximum Gasteiger partial charge on any atom is 0.166 e. The van der Waals surface area contributed by atoms with E-state index in [1.807, 2.05) is 12.1 Å². The molecule has 21 heavy (non-hydrogen) atoms. The maximum atomic E-state index is 12.6. The standard InChI is InChI=1S/C20H26O/c1-13-10-17(15(3)14(13)2)12-19(21)16-8-7-9-18(11-16)20(4,5)6/h7-9,11H,10,12H2,1-6H3. The van der Waals surface area contributed by atoms with Gasteiger partial charge in [-0.2, -0.15) is 0 Å². The summed E-state index contributed by atoms with van der Waals surface area (Å²) in [7, 11) is 0. The van der Waals surface area contributed by atoms with E-state index in [0.29, 0.717) is 6.42 Å². The number of benzene rings is 1. The summed E-state index contributed by atoms with van der Waals surface area (Å²) in [5.74, 6) is 0.234. The van der Waals surface area contributed by atoms with Crippen molar-refractivity contribution in [3.8, 4) is 0 Å². The summed E-state index contributed by atoms with van der Waals surface area (Å²) in [6.45, 7) is 13.0. The first-order chi connectivity index (χ1) is 9.70. The van der Waals surface area contributed by atoms with E-state index in [0.717, 1.165) is 12.0 Å². The molecule has 0 unspecified atom stereocenters. The molecule has 0 saturated carbocycles. The number of Topliss-reactive ketones (excluding diaryl/α,β-unsaturated/α-hetero) is 1. The van der Waals surface area contributed by atoms with Crippen molar-refractivity contribution >= 4 is 5.78 Å². The lowest BCUT2D eigenvalue weighted by Gasteiger charge is -2.19. The first-order valence-electron chi connectivity index (χ1n) is 7.69. The fourth-order valence-corrected chi connectivity index (χ4v) is 2.82. The Kier molecular flexibility index (Phi) is 4.22. The maximum absolute atomic E-state index is 12.6. The average Bonchev–Trinajstić information content (AvgIpc) is 2.65. The van der Waals surface area contributed by atoms with Gasteiger partial charge in [0.15, 0.2) is 5.78 Å². The number of rotatable bonds is 3. The third kappa shape index (κ3) is 3.34. The molecule has 0 spiro atoms. The van der Waals surface area contributed by atoms with Gasteiger partial charge in [-0.3, -0.25) is 4.79 Å². The molecule has 0 atom stereocenters. The highest BCUT2D eigenvalue weighted by Crippen LogP contribution is 2.34. The molecule has 0 aromatic heterocycles. The van der Waals surface area contributed by atoms with Crippen LogP contribution in [0.5, 0.6) is 0 Å². The average molecular weight is 282 g/mol. The van der Waals surface area contributed by atoms with Gasteiger partial charge in [0.2, 0.25) is 0 Å². The number of allylic oxidation sites excluding steroid dienone is 4. The molecular formula is C20H26O. The summed E-state index contributed by atoms with van der Waals surface area (Å²) in [6, 6.07) is 8.10. The van der Waals surface area contributed by atoms with Crippen molar-refractivity contribution in [2.24, 2.45) is 0 Å². The fourth-order valence-electron chi connectivity index (χ4n) is 2.82. The van der Waals surface area contributed by atoms with Crippen molar-refractivity contribution in [2.75, 3.05) is 0 Å². The molecule has 0 fully saturated rings. The van der Waals surface area contributed by atoms with Crippen LogP contribution in [0.3, 0.4) is 0 Å². The van der Waals surface area contributed by atoms with Gasteiger partial charge in [0.05, 0.1) is 0 Å². The molecule has 0 radical (unpaired) electrons. The summed E-state index contributed by atoms with van der Waals surface area (Å²) in [5, 5.41) is 0. The van der Waals surface area contributed by atoms with E-state index < -0.39 is 0 Å². The van der Waals surface area contributed by atoms with E-state index >= 15 is 0 Å². The number of ketones is 1. The van der Waals surface area contributed by atoms with Gasteiger partial charge in [-0.05, 0) is 55.4 Å². The van der Waals surface area contributed by atoms with E-state index in [2.05, 4.69) is 53.7 Å². The minimum atomic E-state index is 0.0769. The van der Waals surface area contributed by atoms with Gasteiger partial charge in [0.25, 0.3) is 0 Å². The lowest BCUT2D eigenvalue weighted by atomic mass is 9.85. The summed E-state index contributed by atoms with van der Waals surface area (Å²) >= 11 is 0. The fraction of sp³-hybridized carbons (Fsp3) is 0.450. The quantitative estimate of drug-likeness (QED) is 0.658. The Morgan fingerprint density at radius 2 is 1.76 bits per heavy atom. The first-order valence-corrected chi connectivity index (χ1v) is 7.69. The number of carbonyl (C=O) groups excluding carboxylic acids is 1. The van der Waals surface area contributed by atoms with E-state index in [1.165, 1.54) is 27.9 Å². The van der Waals surface area contributed by atoms with Gasteiger partial charge in [-0.25, -0.2) is 0 Å². The summed E-state index contributed by atoms with van der Waals surface area (Å²) < 4.78 is 0. The molecular weight excluding hydrogens is 256 g/mol. The molecule has 0 N–H and O–H groups in total. The van der Waals surface area contributed by atoms with Crippen LogP contribution in [0.1, 0.15) is 70.3 Å². The van der Waals surface area contributed by atoms with Crippen molar-refractivity contribution in [1.82, 2.24) is 0 Å². The van der Waals surface area contributed by atoms with Crippen LogP contribution >= 0.6 is 0 Å². The zero-order chi connectivity index (χ0) is 15.8. The van der Waals surface area contributed by atoms with Crippen LogP contribution < -0.4 is 0 Å². The van der Waals surface area contributed by atoms with Gasteiger partial charge in [-0.1, -0.05) is 50.1 Å². The van der Waals surface area contributed by atoms with Gasteiger partial charge in [0.1, 0.15) is 0 Å². The Labute approximate surface area is 128 Å². The highest BCUT2D eigenvalue weighted by atomic mass is 16.1. The molecule has 112 valence electrons. The lowest BCUT2D eigenvalue weighted by molar-refractivity contribution is 0.0992. The van der Waals surface area contributed by atoms with Crippen LogP contribution in [0.4, 0.5) is 0 Å². The summed E-state index contributed by atoms with van der Waals surface area (Å²) in [4.78, 5) is 12.6. The Hall–Kier alpha value is -1.63. The van der Waals surface area contributed by atoms with Gasteiger partial charge < -0.3 is 0 Å². The predicted molar refractivity (Wildman–Crippen MR) is 89.8 cm³/mol. The number of hydrogen-bond donors (Lipinski definition) is 0. The third-order valence-corrected chi connectivity index (χ3v) is 4.64. The number of hydrogen-bond acceptors (Lipinski definition) is 1. The Morgan fingerprint density at radius 3 is 2.29 bits per heavy atom. The molecule has 0 saturated heterocycles. The van der Waals surface area contributed by atoms with Crippen molar-refractivity contribution in [3.63, 3.8) is 0 Å². The van der Waals surface area contributed by atoms with E-state index in [1.54, 1.807) is 0 Å². The molecule has 1 aliphatic rings. The molecule has 1 aromatic carbocycles. The summed E-state index contributed by atoms with van der Waals surface area (Å²) in [5.41, 5.74) is 7.50. The van der Waals surface area contributed by atoms with Crippen molar-refractivity contribution in [3.05, 3.63) is 57.7 Å². The van der Waals surface area contributed by atoms with Crippen LogP contribution in [-0.2, 0) is 5.41 Å². The minimum absolute atomic E-state index is 0.0769. The molecule has 1 aromatic rings. The molecule has 0 aliphatic heterocycles. The van der Waals surface area contributed by atoms with Gasteiger partial charge in [0, 0.05) is 12.0 Å². The predicted octanol–water partition coefficient (Wildman–Crippen LogP) is 5.61. The SMILES string of the molecule is CC1=C(C)C(C)=C(CC(=O)c2cccc(C(C)(C)C)c2)C1. The van der Waals surface area contributed by atoms with Crippen molar-refractivity contribution in [1.29, 1.82) is 0 Å². The molecule has 1 heteroatoms. The second kappa shape index (κ2) is 5.63. The van der Waals surface area contributed by atoms with E-state index in [-0.39, 0.29) is 11.2 Å². The Bertz CT molecular complexity index is 636. The highest BCUT2D eigenvalue weighted by molar-refractivity contribution is 5.98. The molecule has 1 aliphatic carbocycles. The Balaban J connectivity index is 2.20. The Morgan fingerprint density at radius 1 is 1.10 bits per heavy atom. The topological polar surface area (TPSA) is 17.1 Å². The van der Waals surface area contributed by atoms with E-state index in [4.69, 9.17) is 0 Å². The monoisotopic (exact) mass is 282 g/mol. The van der Waals surface area contributed by atoms with Crippen LogP contribution in [0.2, 0.25) is 0 Å². The zero-order valence-corrected chi connectivity index (χ0v) is 14.1. The van der Waals surface area contributed by atoms with Crippen molar-refractivity contribution in [2.45, 2.75) is 59.8 Å². The minimum Gasteiger partial charge on any atom is -0.294 e. The number of carbonyl (C=O) groups is 1. The van der Waals surface area contributed by atoms with E-state index in [9.17, 15) is 4.79 Å². The second-order valence-corrected chi connectivity index (χ2v) is 7.24. The first kappa shape index (κ1) is 15.8. The molecule has 0 bridgehead atoms. The molecule has 1 nitrogen and oxygen atoms in total. The highest BCUT2D eigenvalue weighted by Gasteiger charge is 2.20. The third-order valence-electron chi connectivity index (χ3n) is 4.64. The van der Waals surface area contributed by atoms with Crippen LogP contribution in [0, 0.1) is 0 Å².